The zero-order valence-corrected chi connectivity index (χ0v) is 15.5. The van der Waals surface area contributed by atoms with Gasteiger partial charge in [0.05, 0.1) is 7.11 Å². The van der Waals surface area contributed by atoms with Crippen molar-refractivity contribution in [1.82, 2.24) is 5.32 Å². The van der Waals surface area contributed by atoms with Gasteiger partial charge in [0.25, 0.3) is 5.91 Å². The van der Waals surface area contributed by atoms with E-state index in [1.54, 1.807) is 38.3 Å². The third-order valence-corrected chi connectivity index (χ3v) is 4.05. The Morgan fingerprint density at radius 2 is 1.62 bits per heavy atom. The van der Waals surface area contributed by atoms with Gasteiger partial charge >= 0.3 is 0 Å². The smallest absolute Gasteiger partial charge is 0.260 e. The van der Waals surface area contributed by atoms with Crippen LogP contribution in [0, 0.1) is 0 Å². The SMILES string of the molecule is CCC(=O)c1ccc(O[C@H](C)C(=O)NCCc2ccc(OC)cc2)cc1. The van der Waals surface area contributed by atoms with Gasteiger partial charge in [-0.15, -0.1) is 0 Å². The Morgan fingerprint density at radius 3 is 2.19 bits per heavy atom. The lowest BCUT2D eigenvalue weighted by Gasteiger charge is -2.15. The first-order valence-corrected chi connectivity index (χ1v) is 8.74. The van der Waals surface area contributed by atoms with E-state index in [2.05, 4.69) is 5.32 Å². The van der Waals surface area contributed by atoms with Gasteiger partial charge in [-0.25, -0.2) is 0 Å². The number of carbonyl (C=O) groups is 2. The first-order chi connectivity index (χ1) is 12.5. The number of ketones is 1. The third kappa shape index (κ3) is 5.62. The van der Waals surface area contributed by atoms with Crippen molar-refractivity contribution < 1.29 is 19.1 Å². The number of ether oxygens (including phenoxy) is 2. The molecule has 0 aliphatic carbocycles. The molecule has 0 saturated heterocycles. The Morgan fingerprint density at radius 1 is 1.00 bits per heavy atom. The molecule has 0 aliphatic heterocycles. The van der Waals surface area contributed by atoms with Crippen LogP contribution in [-0.2, 0) is 11.2 Å². The second-order valence-corrected chi connectivity index (χ2v) is 5.95. The van der Waals surface area contributed by atoms with Gasteiger partial charge in [0, 0.05) is 18.5 Å². The zero-order valence-electron chi connectivity index (χ0n) is 15.5. The van der Waals surface area contributed by atoms with Crippen molar-refractivity contribution in [1.29, 1.82) is 0 Å². The molecular formula is C21H25NO4. The number of Topliss-reactive ketones (excluding diaryl/α,β-unsaturated/α-hetero) is 1. The van der Waals surface area contributed by atoms with Crippen molar-refractivity contribution in [3.63, 3.8) is 0 Å². The van der Waals surface area contributed by atoms with Gasteiger partial charge < -0.3 is 14.8 Å². The van der Waals surface area contributed by atoms with Gasteiger partial charge in [0.15, 0.2) is 11.9 Å². The average molecular weight is 355 g/mol. The number of hydrogen-bond donors (Lipinski definition) is 1. The number of methoxy groups -OCH3 is 1. The Bertz CT molecular complexity index is 723. The molecule has 1 amide bonds. The molecule has 138 valence electrons. The Hall–Kier alpha value is -2.82. The number of rotatable bonds is 9. The number of hydrogen-bond acceptors (Lipinski definition) is 4. The van der Waals surface area contributed by atoms with Crippen molar-refractivity contribution in [2.45, 2.75) is 32.8 Å². The molecule has 26 heavy (non-hydrogen) atoms. The largest absolute Gasteiger partial charge is 0.497 e. The summed E-state index contributed by atoms with van der Waals surface area (Å²) < 4.78 is 10.8. The minimum Gasteiger partial charge on any atom is -0.497 e. The van der Waals surface area contributed by atoms with Crippen LogP contribution in [0.25, 0.3) is 0 Å². The van der Waals surface area contributed by atoms with Crippen molar-refractivity contribution in [3.05, 3.63) is 59.7 Å². The van der Waals surface area contributed by atoms with Crippen LogP contribution in [0.3, 0.4) is 0 Å². The maximum atomic E-state index is 12.1. The summed E-state index contributed by atoms with van der Waals surface area (Å²) in [4.78, 5) is 23.8. The predicted octanol–water partition coefficient (Wildman–Crippen LogP) is 3.41. The molecule has 0 bridgehead atoms. The van der Waals surface area contributed by atoms with Gasteiger partial charge in [-0.05, 0) is 55.3 Å². The second-order valence-electron chi connectivity index (χ2n) is 5.95. The Kier molecular flexibility index (Phi) is 7.21. The summed E-state index contributed by atoms with van der Waals surface area (Å²) in [6.45, 7) is 4.06. The summed E-state index contributed by atoms with van der Waals surface area (Å²) in [6, 6.07) is 14.6. The summed E-state index contributed by atoms with van der Waals surface area (Å²) in [5.74, 6) is 1.29. The van der Waals surface area contributed by atoms with E-state index >= 15 is 0 Å². The second kappa shape index (κ2) is 9.61. The van der Waals surface area contributed by atoms with E-state index in [4.69, 9.17) is 9.47 Å². The van der Waals surface area contributed by atoms with Gasteiger partial charge in [-0.2, -0.15) is 0 Å². The maximum absolute atomic E-state index is 12.1. The van der Waals surface area contributed by atoms with Gasteiger partial charge in [-0.3, -0.25) is 9.59 Å². The first-order valence-electron chi connectivity index (χ1n) is 8.74. The molecule has 0 aromatic heterocycles. The highest BCUT2D eigenvalue weighted by Gasteiger charge is 2.14. The zero-order chi connectivity index (χ0) is 18.9. The number of amides is 1. The van der Waals surface area contributed by atoms with Gasteiger partial charge in [0.2, 0.25) is 0 Å². The molecule has 0 aliphatic rings. The summed E-state index contributed by atoms with van der Waals surface area (Å²) in [5, 5.41) is 2.87. The molecule has 0 unspecified atom stereocenters. The minimum absolute atomic E-state index is 0.0841. The van der Waals surface area contributed by atoms with E-state index in [1.165, 1.54) is 0 Å². The molecule has 0 saturated carbocycles. The van der Waals surface area contributed by atoms with Crippen LogP contribution >= 0.6 is 0 Å². The molecule has 0 spiro atoms. The highest BCUT2D eigenvalue weighted by atomic mass is 16.5. The monoisotopic (exact) mass is 355 g/mol. The van der Waals surface area contributed by atoms with Crippen LogP contribution in [0.15, 0.2) is 48.5 Å². The van der Waals surface area contributed by atoms with E-state index in [1.807, 2.05) is 31.2 Å². The van der Waals surface area contributed by atoms with Crippen molar-refractivity contribution in [2.75, 3.05) is 13.7 Å². The summed E-state index contributed by atoms with van der Waals surface area (Å²) in [6.07, 6.45) is 0.585. The third-order valence-electron chi connectivity index (χ3n) is 4.05. The molecule has 5 nitrogen and oxygen atoms in total. The normalized spacial score (nSPS) is 11.5. The van der Waals surface area contributed by atoms with Crippen LogP contribution in [0.2, 0.25) is 0 Å². The quantitative estimate of drug-likeness (QED) is 0.700. The van der Waals surface area contributed by atoms with E-state index < -0.39 is 6.10 Å². The predicted molar refractivity (Wildman–Crippen MR) is 101 cm³/mol. The fourth-order valence-corrected chi connectivity index (χ4v) is 2.45. The van der Waals surface area contributed by atoms with E-state index in [-0.39, 0.29) is 11.7 Å². The standard InChI is InChI=1S/C21H25NO4/c1-4-20(23)17-7-11-19(12-8-17)26-15(2)21(24)22-14-13-16-5-9-18(25-3)10-6-16/h5-12,15H,4,13-14H2,1-3H3,(H,22,24)/t15-/m1/s1. The fraction of sp³-hybridized carbons (Fsp3) is 0.333. The Labute approximate surface area is 154 Å². The summed E-state index contributed by atoms with van der Waals surface area (Å²) in [7, 11) is 1.63. The van der Waals surface area contributed by atoms with E-state index in [0.717, 1.165) is 17.7 Å². The maximum Gasteiger partial charge on any atom is 0.260 e. The molecule has 1 atom stereocenters. The molecule has 2 aromatic rings. The van der Waals surface area contributed by atoms with Crippen molar-refractivity contribution in [3.8, 4) is 11.5 Å². The highest BCUT2D eigenvalue weighted by molar-refractivity contribution is 5.95. The van der Waals surface area contributed by atoms with Crippen LogP contribution in [-0.4, -0.2) is 31.4 Å². The lowest BCUT2D eigenvalue weighted by molar-refractivity contribution is -0.127. The summed E-state index contributed by atoms with van der Waals surface area (Å²) >= 11 is 0. The van der Waals surface area contributed by atoms with E-state index in [9.17, 15) is 9.59 Å². The van der Waals surface area contributed by atoms with Crippen LogP contribution < -0.4 is 14.8 Å². The lowest BCUT2D eigenvalue weighted by Crippen LogP contribution is -2.37. The molecule has 0 fully saturated rings. The van der Waals surface area contributed by atoms with Crippen molar-refractivity contribution in [2.24, 2.45) is 0 Å². The van der Waals surface area contributed by atoms with Crippen LogP contribution in [0.4, 0.5) is 0 Å². The number of carbonyl (C=O) groups excluding carboxylic acids is 2. The fourth-order valence-electron chi connectivity index (χ4n) is 2.45. The number of nitrogens with one attached hydrogen (secondary N) is 1. The molecule has 5 heteroatoms. The lowest BCUT2D eigenvalue weighted by atomic mass is 10.1. The minimum atomic E-state index is -0.612. The molecule has 0 heterocycles. The molecule has 1 N–H and O–H groups in total. The summed E-state index contributed by atoms with van der Waals surface area (Å²) in [5.41, 5.74) is 1.77. The van der Waals surface area contributed by atoms with Crippen LogP contribution in [0.5, 0.6) is 11.5 Å². The number of benzene rings is 2. The molecule has 2 rings (SSSR count). The Balaban J connectivity index is 1.78. The van der Waals surface area contributed by atoms with E-state index in [0.29, 0.717) is 24.3 Å². The first kappa shape index (κ1) is 19.5. The van der Waals surface area contributed by atoms with Gasteiger partial charge in [-0.1, -0.05) is 19.1 Å². The molecular weight excluding hydrogens is 330 g/mol. The van der Waals surface area contributed by atoms with Crippen LogP contribution in [0.1, 0.15) is 36.2 Å². The molecule has 2 aromatic carbocycles. The molecule has 0 radical (unpaired) electrons. The van der Waals surface area contributed by atoms with Gasteiger partial charge in [0.1, 0.15) is 11.5 Å². The topological polar surface area (TPSA) is 64.6 Å². The average Bonchev–Trinajstić information content (AvgIpc) is 2.68. The highest BCUT2D eigenvalue weighted by Crippen LogP contribution is 2.15. The van der Waals surface area contributed by atoms with Crippen molar-refractivity contribution >= 4 is 11.7 Å².